The summed E-state index contributed by atoms with van der Waals surface area (Å²) in [6, 6.07) is 71.6. The summed E-state index contributed by atoms with van der Waals surface area (Å²) in [6.07, 6.45) is 1.72. The number of nitrogens with one attached hydrogen (secondary N) is 1. The predicted molar refractivity (Wildman–Crippen MR) is 262 cm³/mol. The molecular formula is C60H47N3. The van der Waals surface area contributed by atoms with Crippen LogP contribution in [-0.4, -0.2) is 4.98 Å². The van der Waals surface area contributed by atoms with Gasteiger partial charge in [-0.25, -0.2) is 4.98 Å². The van der Waals surface area contributed by atoms with Crippen molar-refractivity contribution in [2.24, 2.45) is 0 Å². The average Bonchev–Trinajstić information content (AvgIpc) is 3.92. The van der Waals surface area contributed by atoms with Crippen molar-refractivity contribution in [1.82, 2.24) is 4.98 Å². The average molecular weight is 810 g/mol. The number of benzene rings is 8. The van der Waals surface area contributed by atoms with Crippen LogP contribution in [0.4, 0.5) is 17.2 Å². The summed E-state index contributed by atoms with van der Waals surface area (Å²) in [6.45, 7) is 9.41. The van der Waals surface area contributed by atoms with Gasteiger partial charge in [0.1, 0.15) is 6.17 Å². The molecule has 0 bridgehead atoms. The lowest BCUT2D eigenvalue weighted by Crippen LogP contribution is -2.24. The molecule has 8 aromatic carbocycles. The van der Waals surface area contributed by atoms with Gasteiger partial charge in [-0.15, -0.1) is 0 Å². The molecule has 1 aromatic heterocycles. The molecule has 9 aromatic rings. The molecule has 1 unspecified atom stereocenters. The van der Waals surface area contributed by atoms with E-state index >= 15 is 0 Å². The molecule has 1 aliphatic heterocycles. The summed E-state index contributed by atoms with van der Waals surface area (Å²) in [7, 11) is 0. The minimum absolute atomic E-state index is 0.0640. The maximum Gasteiger partial charge on any atom is 0.159 e. The van der Waals surface area contributed by atoms with Crippen LogP contribution in [0.25, 0.3) is 66.8 Å². The Balaban J connectivity index is 1.06. The summed E-state index contributed by atoms with van der Waals surface area (Å²) in [5.74, 6) is 0.909. The second-order valence-corrected chi connectivity index (χ2v) is 18.4. The van der Waals surface area contributed by atoms with Crippen LogP contribution in [0.3, 0.4) is 0 Å². The summed E-state index contributed by atoms with van der Waals surface area (Å²) in [5.41, 5.74) is 23.4. The molecule has 12 rings (SSSR count). The van der Waals surface area contributed by atoms with Crippen LogP contribution in [-0.2, 0) is 10.8 Å². The number of hydrogen-bond acceptors (Lipinski definition) is 3. The molecular weight excluding hydrogens is 763 g/mol. The number of nitrogens with zero attached hydrogens (tertiary/aromatic N) is 2. The fraction of sp³-hybridized carbons (Fsp3) is 0.117. The number of rotatable bonds is 6. The Labute approximate surface area is 370 Å². The molecule has 2 aliphatic carbocycles. The van der Waals surface area contributed by atoms with E-state index in [0.717, 1.165) is 28.3 Å². The molecule has 0 amide bonds. The molecule has 0 fully saturated rings. The maximum absolute atomic E-state index is 5.15. The van der Waals surface area contributed by atoms with Gasteiger partial charge in [0.25, 0.3) is 0 Å². The first kappa shape index (κ1) is 37.3. The molecule has 63 heavy (non-hydrogen) atoms. The minimum atomic E-state index is -0.248. The Morgan fingerprint density at radius 1 is 0.397 bits per heavy atom. The third-order valence-electron chi connectivity index (χ3n) is 14.1. The van der Waals surface area contributed by atoms with E-state index in [-0.39, 0.29) is 17.0 Å². The standard InChI is InChI=1S/C60H47N3/c1-59(2)52-25-15-13-23-47(52)50-36-39(27-29-54(50)59)41-33-42(40-28-30-55-51(37-40)48-24-14-16-26-53(48)60(55,3)4)35-43(34-41)57-62-56-49(31-32-61-58(56)63(57)44-19-9-6-10-20-44)46-22-12-11-21-45(46)38-17-7-5-8-18-38/h5-37,57,62H,1-4H3. The Bertz CT molecular complexity index is 3140. The summed E-state index contributed by atoms with van der Waals surface area (Å²) >= 11 is 0. The molecule has 3 heteroatoms. The van der Waals surface area contributed by atoms with Gasteiger partial charge in [0.2, 0.25) is 0 Å². The number of aromatic nitrogens is 1. The Kier molecular flexibility index (Phi) is 8.30. The van der Waals surface area contributed by atoms with Gasteiger partial charge in [0.05, 0.1) is 5.69 Å². The molecule has 0 saturated heterocycles. The van der Waals surface area contributed by atoms with Gasteiger partial charge in [-0.05, 0) is 138 Å². The first-order chi connectivity index (χ1) is 30.8. The SMILES string of the molecule is CC1(C)c2ccccc2-c2cc(-c3cc(-c4ccc5c(c4)-c4ccccc4C5(C)C)cc(C4Nc5c(-c6ccccc6-c6ccccc6)ccnc5N4c4ccccc4)c3)ccc21. The van der Waals surface area contributed by atoms with E-state index in [0.29, 0.717) is 0 Å². The zero-order valence-electron chi connectivity index (χ0n) is 36.0. The number of para-hydroxylation sites is 1. The van der Waals surface area contributed by atoms with E-state index in [4.69, 9.17) is 4.98 Å². The molecule has 3 aliphatic rings. The Hall–Kier alpha value is -7.49. The van der Waals surface area contributed by atoms with Crippen LogP contribution in [0.5, 0.6) is 0 Å². The highest BCUT2D eigenvalue weighted by Gasteiger charge is 2.38. The molecule has 0 saturated carbocycles. The Morgan fingerprint density at radius 2 is 0.889 bits per heavy atom. The quantitative estimate of drug-likeness (QED) is 0.181. The van der Waals surface area contributed by atoms with Gasteiger partial charge in [-0.1, -0.05) is 173 Å². The lowest BCUT2D eigenvalue weighted by molar-refractivity contribution is 0.660. The van der Waals surface area contributed by atoms with E-state index in [1.165, 1.54) is 83.5 Å². The van der Waals surface area contributed by atoms with Gasteiger partial charge in [-0.3, -0.25) is 4.90 Å². The fourth-order valence-electron chi connectivity index (χ4n) is 10.9. The van der Waals surface area contributed by atoms with Gasteiger partial charge in [-0.2, -0.15) is 0 Å². The van der Waals surface area contributed by atoms with Crippen molar-refractivity contribution in [2.45, 2.75) is 44.7 Å². The lowest BCUT2D eigenvalue weighted by Gasteiger charge is -2.27. The van der Waals surface area contributed by atoms with Crippen molar-refractivity contribution in [1.29, 1.82) is 0 Å². The van der Waals surface area contributed by atoms with E-state index in [1.54, 1.807) is 0 Å². The molecule has 0 radical (unpaired) electrons. The highest BCUT2D eigenvalue weighted by atomic mass is 15.4. The van der Waals surface area contributed by atoms with Crippen LogP contribution < -0.4 is 10.2 Å². The molecule has 1 atom stereocenters. The molecule has 0 spiro atoms. The number of fused-ring (bicyclic) bond motifs is 7. The first-order valence-electron chi connectivity index (χ1n) is 22.1. The molecule has 2 heterocycles. The van der Waals surface area contributed by atoms with Crippen molar-refractivity contribution >= 4 is 17.2 Å². The van der Waals surface area contributed by atoms with E-state index in [1.807, 2.05) is 6.20 Å². The summed E-state index contributed by atoms with van der Waals surface area (Å²) in [5, 5.41) is 4.10. The van der Waals surface area contributed by atoms with Crippen LogP contribution in [0, 0.1) is 0 Å². The van der Waals surface area contributed by atoms with Gasteiger partial charge < -0.3 is 5.32 Å². The predicted octanol–water partition coefficient (Wildman–Crippen LogP) is 15.6. The minimum Gasteiger partial charge on any atom is -0.358 e. The summed E-state index contributed by atoms with van der Waals surface area (Å²) in [4.78, 5) is 7.54. The maximum atomic E-state index is 5.15. The van der Waals surface area contributed by atoms with Crippen molar-refractivity contribution in [2.75, 3.05) is 10.2 Å². The third-order valence-corrected chi connectivity index (χ3v) is 14.1. The topological polar surface area (TPSA) is 28.2 Å². The van der Waals surface area contributed by atoms with Gasteiger partial charge in [0, 0.05) is 28.3 Å². The van der Waals surface area contributed by atoms with Crippen molar-refractivity contribution < 1.29 is 0 Å². The zero-order chi connectivity index (χ0) is 42.5. The highest BCUT2D eigenvalue weighted by molar-refractivity contribution is 5.97. The number of anilines is 3. The number of hydrogen-bond donors (Lipinski definition) is 1. The van der Waals surface area contributed by atoms with Crippen molar-refractivity contribution in [3.8, 4) is 66.8 Å². The molecule has 3 nitrogen and oxygen atoms in total. The first-order valence-corrected chi connectivity index (χ1v) is 22.1. The van der Waals surface area contributed by atoms with Crippen molar-refractivity contribution in [3.05, 3.63) is 228 Å². The summed E-state index contributed by atoms with van der Waals surface area (Å²) < 4.78 is 0. The molecule has 302 valence electrons. The Morgan fingerprint density at radius 3 is 1.48 bits per heavy atom. The lowest BCUT2D eigenvalue weighted by atomic mass is 9.82. The van der Waals surface area contributed by atoms with Crippen LogP contribution in [0.15, 0.2) is 200 Å². The third kappa shape index (κ3) is 5.76. The smallest absolute Gasteiger partial charge is 0.159 e. The van der Waals surface area contributed by atoms with Gasteiger partial charge in [0.15, 0.2) is 5.82 Å². The van der Waals surface area contributed by atoms with E-state index in [2.05, 4.69) is 232 Å². The normalized spacial score (nSPS) is 15.8. The van der Waals surface area contributed by atoms with Crippen LogP contribution in [0.2, 0.25) is 0 Å². The zero-order valence-corrected chi connectivity index (χ0v) is 36.0. The number of pyridine rings is 1. The fourth-order valence-corrected chi connectivity index (χ4v) is 10.9. The van der Waals surface area contributed by atoms with Crippen LogP contribution in [0.1, 0.15) is 61.7 Å². The van der Waals surface area contributed by atoms with Gasteiger partial charge >= 0.3 is 0 Å². The second kappa shape index (κ2) is 14.0. The van der Waals surface area contributed by atoms with Crippen molar-refractivity contribution in [3.63, 3.8) is 0 Å². The van der Waals surface area contributed by atoms with E-state index in [9.17, 15) is 0 Å². The largest absolute Gasteiger partial charge is 0.358 e. The van der Waals surface area contributed by atoms with E-state index < -0.39 is 0 Å². The molecule has 1 N–H and O–H groups in total. The second-order valence-electron chi connectivity index (χ2n) is 18.4. The monoisotopic (exact) mass is 809 g/mol. The van der Waals surface area contributed by atoms with Crippen LogP contribution >= 0.6 is 0 Å². The highest BCUT2D eigenvalue weighted by Crippen LogP contribution is 2.54.